The average molecular weight is 316 g/mol. The van der Waals surface area contributed by atoms with Gasteiger partial charge < -0.3 is 14.8 Å². The topological polar surface area (TPSA) is 30.5 Å². The number of fused-ring (bicyclic) bond motifs is 1. The minimum absolute atomic E-state index is 0.254. The summed E-state index contributed by atoms with van der Waals surface area (Å²) < 4.78 is 25.8. The Hall–Kier alpha value is -0.810. The molecule has 1 unspecified atom stereocenters. The van der Waals surface area contributed by atoms with Crippen molar-refractivity contribution >= 4 is 15.9 Å². The summed E-state index contributed by atoms with van der Waals surface area (Å²) in [6.07, 6.45) is 1.98. The summed E-state index contributed by atoms with van der Waals surface area (Å²) in [6.45, 7) is 3.91. The molecule has 2 aliphatic rings. The van der Waals surface area contributed by atoms with Gasteiger partial charge in [0.05, 0.1) is 4.47 Å². The van der Waals surface area contributed by atoms with Gasteiger partial charge in [0.15, 0.2) is 11.5 Å². The fourth-order valence-electron chi connectivity index (χ4n) is 2.65. The molecule has 0 spiro atoms. The Morgan fingerprint density at radius 2 is 2.17 bits per heavy atom. The number of rotatable bonds is 1. The molecule has 1 aromatic rings. The molecule has 1 fully saturated rings. The summed E-state index contributed by atoms with van der Waals surface area (Å²) in [5.41, 5.74) is 0.332. The van der Waals surface area contributed by atoms with Crippen LogP contribution < -0.4 is 14.8 Å². The van der Waals surface area contributed by atoms with Gasteiger partial charge >= 0.3 is 0 Å². The molecule has 0 radical (unpaired) electrons. The van der Waals surface area contributed by atoms with E-state index in [1.807, 2.05) is 6.92 Å². The van der Waals surface area contributed by atoms with E-state index < -0.39 is 0 Å². The highest BCUT2D eigenvalue weighted by atomic mass is 79.9. The minimum Gasteiger partial charge on any atom is -0.486 e. The lowest BCUT2D eigenvalue weighted by Gasteiger charge is -2.28. The molecule has 1 aromatic carbocycles. The lowest BCUT2D eigenvalue weighted by atomic mass is 9.89. The van der Waals surface area contributed by atoms with Crippen molar-refractivity contribution in [1.29, 1.82) is 0 Å². The molecule has 0 amide bonds. The molecule has 0 saturated carbocycles. The van der Waals surface area contributed by atoms with Gasteiger partial charge in [-0.2, -0.15) is 0 Å². The van der Waals surface area contributed by atoms with Crippen molar-refractivity contribution in [3.8, 4) is 11.5 Å². The van der Waals surface area contributed by atoms with Gasteiger partial charge in [0.1, 0.15) is 19.0 Å². The molecule has 5 heteroatoms. The van der Waals surface area contributed by atoms with E-state index in [1.165, 1.54) is 0 Å². The standard InChI is InChI=1S/C13H15BrFNO2/c1-13(3-2-4-16-13)8-7-9-12(10(14)11(8)15)18-6-5-17-9/h7,16H,2-6H2,1H3. The highest BCUT2D eigenvalue weighted by Gasteiger charge is 2.35. The number of hydrogen-bond acceptors (Lipinski definition) is 3. The average Bonchev–Trinajstić information content (AvgIpc) is 2.82. The number of ether oxygens (including phenoxy) is 2. The van der Waals surface area contributed by atoms with E-state index in [4.69, 9.17) is 9.47 Å². The number of halogens is 2. The summed E-state index contributed by atoms with van der Waals surface area (Å²) in [6, 6.07) is 1.77. The van der Waals surface area contributed by atoms with Gasteiger partial charge in [0.25, 0.3) is 0 Å². The Morgan fingerprint density at radius 3 is 2.89 bits per heavy atom. The van der Waals surface area contributed by atoms with Crippen molar-refractivity contribution < 1.29 is 13.9 Å². The van der Waals surface area contributed by atoms with Gasteiger partial charge in [0, 0.05) is 11.1 Å². The van der Waals surface area contributed by atoms with Crippen LogP contribution in [0.3, 0.4) is 0 Å². The van der Waals surface area contributed by atoms with Gasteiger partial charge in [-0.25, -0.2) is 4.39 Å². The highest BCUT2D eigenvalue weighted by Crippen LogP contribution is 2.44. The van der Waals surface area contributed by atoms with Gasteiger partial charge in [-0.1, -0.05) is 0 Å². The van der Waals surface area contributed by atoms with E-state index >= 15 is 0 Å². The van der Waals surface area contributed by atoms with E-state index in [1.54, 1.807) is 6.07 Å². The van der Waals surface area contributed by atoms with Crippen LogP contribution >= 0.6 is 15.9 Å². The first-order valence-corrected chi connectivity index (χ1v) is 6.94. The third-order valence-electron chi connectivity index (χ3n) is 3.68. The predicted octanol–water partition coefficient (Wildman–Crippen LogP) is 2.96. The van der Waals surface area contributed by atoms with Crippen molar-refractivity contribution in [2.24, 2.45) is 0 Å². The summed E-state index contributed by atoms with van der Waals surface area (Å²) in [7, 11) is 0. The lowest BCUT2D eigenvalue weighted by Crippen LogP contribution is -2.34. The van der Waals surface area contributed by atoms with Crippen molar-refractivity contribution in [1.82, 2.24) is 5.32 Å². The zero-order valence-electron chi connectivity index (χ0n) is 10.2. The Balaban J connectivity index is 2.13. The second-order valence-electron chi connectivity index (χ2n) is 4.94. The second-order valence-corrected chi connectivity index (χ2v) is 5.73. The fraction of sp³-hybridized carbons (Fsp3) is 0.538. The van der Waals surface area contributed by atoms with E-state index in [2.05, 4.69) is 21.2 Å². The van der Waals surface area contributed by atoms with Crippen LogP contribution in [0.5, 0.6) is 11.5 Å². The Bertz CT molecular complexity index is 486. The molecule has 0 aliphatic carbocycles. The predicted molar refractivity (Wildman–Crippen MR) is 69.7 cm³/mol. The molecule has 3 rings (SSSR count). The second kappa shape index (κ2) is 4.38. The number of benzene rings is 1. The van der Waals surface area contributed by atoms with Gasteiger partial charge in [-0.05, 0) is 48.3 Å². The van der Waals surface area contributed by atoms with Crippen molar-refractivity contribution in [2.45, 2.75) is 25.3 Å². The molecule has 0 bridgehead atoms. The zero-order valence-corrected chi connectivity index (χ0v) is 11.8. The van der Waals surface area contributed by atoms with Crippen molar-refractivity contribution in [3.05, 3.63) is 21.9 Å². The first-order valence-electron chi connectivity index (χ1n) is 6.15. The Labute approximate surface area is 114 Å². The first-order chi connectivity index (χ1) is 8.62. The molecule has 2 heterocycles. The molecule has 3 nitrogen and oxygen atoms in total. The zero-order chi connectivity index (χ0) is 12.8. The van der Waals surface area contributed by atoms with Crippen LogP contribution in [0.25, 0.3) is 0 Å². The molecular formula is C13H15BrFNO2. The van der Waals surface area contributed by atoms with Crippen molar-refractivity contribution in [2.75, 3.05) is 19.8 Å². The summed E-state index contributed by atoms with van der Waals surface area (Å²) in [5, 5.41) is 3.37. The Kier molecular flexibility index (Phi) is 2.98. The lowest BCUT2D eigenvalue weighted by molar-refractivity contribution is 0.168. The van der Waals surface area contributed by atoms with E-state index in [-0.39, 0.29) is 11.4 Å². The largest absolute Gasteiger partial charge is 0.486 e. The molecule has 2 aliphatic heterocycles. The maximum absolute atomic E-state index is 14.5. The van der Waals surface area contributed by atoms with Gasteiger partial charge in [-0.15, -0.1) is 0 Å². The van der Waals surface area contributed by atoms with Crippen molar-refractivity contribution in [3.63, 3.8) is 0 Å². The number of nitrogens with one attached hydrogen (secondary N) is 1. The molecular weight excluding hydrogens is 301 g/mol. The maximum atomic E-state index is 14.5. The van der Waals surface area contributed by atoms with Crippen LogP contribution in [0, 0.1) is 5.82 Å². The monoisotopic (exact) mass is 315 g/mol. The molecule has 1 N–H and O–H groups in total. The van der Waals surface area contributed by atoms with E-state index in [0.29, 0.717) is 34.7 Å². The summed E-state index contributed by atoms with van der Waals surface area (Å²) in [4.78, 5) is 0. The summed E-state index contributed by atoms with van der Waals surface area (Å²) >= 11 is 3.28. The summed E-state index contributed by atoms with van der Waals surface area (Å²) in [5.74, 6) is 0.847. The fourth-order valence-corrected chi connectivity index (χ4v) is 3.17. The van der Waals surface area contributed by atoms with Crippen LogP contribution in [0.15, 0.2) is 10.5 Å². The maximum Gasteiger partial charge on any atom is 0.178 e. The van der Waals surface area contributed by atoms with Crippen LogP contribution in [-0.4, -0.2) is 19.8 Å². The van der Waals surface area contributed by atoms with Crippen LogP contribution in [0.4, 0.5) is 4.39 Å². The van der Waals surface area contributed by atoms with Gasteiger partial charge in [0.2, 0.25) is 0 Å². The van der Waals surface area contributed by atoms with Gasteiger partial charge in [-0.3, -0.25) is 0 Å². The minimum atomic E-state index is -0.317. The quantitative estimate of drug-likeness (QED) is 0.864. The molecule has 1 saturated heterocycles. The third-order valence-corrected chi connectivity index (χ3v) is 4.39. The number of hydrogen-bond donors (Lipinski definition) is 1. The first kappa shape index (κ1) is 12.2. The van der Waals surface area contributed by atoms with Crippen LogP contribution in [0.2, 0.25) is 0 Å². The SMILES string of the molecule is CC1(c2cc3c(c(Br)c2F)OCCO3)CCCN1. The molecule has 0 aromatic heterocycles. The highest BCUT2D eigenvalue weighted by molar-refractivity contribution is 9.10. The third kappa shape index (κ3) is 1.80. The van der Waals surface area contributed by atoms with E-state index in [0.717, 1.165) is 19.4 Å². The van der Waals surface area contributed by atoms with E-state index in [9.17, 15) is 4.39 Å². The van der Waals surface area contributed by atoms with Crippen LogP contribution in [-0.2, 0) is 5.54 Å². The smallest absolute Gasteiger partial charge is 0.178 e. The normalized spacial score (nSPS) is 26.4. The molecule has 1 atom stereocenters. The molecule has 98 valence electrons. The molecule has 18 heavy (non-hydrogen) atoms. The Morgan fingerprint density at radius 1 is 1.39 bits per heavy atom. The van der Waals surface area contributed by atoms with Crippen LogP contribution in [0.1, 0.15) is 25.3 Å².